The van der Waals surface area contributed by atoms with Gasteiger partial charge in [-0.15, -0.1) is 0 Å². The van der Waals surface area contributed by atoms with Gasteiger partial charge in [0.05, 0.1) is 13.0 Å². The Morgan fingerprint density at radius 1 is 1.20 bits per heavy atom. The van der Waals surface area contributed by atoms with Gasteiger partial charge in [0.15, 0.2) is 0 Å². The molecular weight excluding hydrogens is 316 g/mol. The van der Waals surface area contributed by atoms with E-state index in [-0.39, 0.29) is 24.2 Å². The second kappa shape index (κ2) is 7.83. The molecule has 0 radical (unpaired) electrons. The van der Waals surface area contributed by atoms with Crippen molar-refractivity contribution in [1.29, 1.82) is 0 Å². The van der Waals surface area contributed by atoms with Crippen LogP contribution in [0.1, 0.15) is 12.0 Å². The SMILES string of the molecule is COc1cccc(N2C[C@@H](C(=O)NCCc3ccccc3)CC2=O)c1. The third-order valence-corrected chi connectivity index (χ3v) is 4.42. The predicted molar refractivity (Wildman–Crippen MR) is 96.6 cm³/mol. The summed E-state index contributed by atoms with van der Waals surface area (Å²) in [5.41, 5.74) is 1.95. The number of methoxy groups -OCH3 is 1. The highest BCUT2D eigenvalue weighted by Crippen LogP contribution is 2.27. The monoisotopic (exact) mass is 338 g/mol. The van der Waals surface area contributed by atoms with E-state index in [4.69, 9.17) is 4.74 Å². The summed E-state index contributed by atoms with van der Waals surface area (Å²) < 4.78 is 5.20. The molecule has 1 aliphatic heterocycles. The fraction of sp³-hybridized carbons (Fsp3) is 0.300. The highest BCUT2D eigenvalue weighted by molar-refractivity contribution is 6.00. The number of rotatable bonds is 6. The van der Waals surface area contributed by atoms with Crippen LogP contribution < -0.4 is 15.0 Å². The Bertz CT molecular complexity index is 746. The van der Waals surface area contributed by atoms with Crippen molar-refractivity contribution in [1.82, 2.24) is 5.32 Å². The van der Waals surface area contributed by atoms with E-state index in [9.17, 15) is 9.59 Å². The third-order valence-electron chi connectivity index (χ3n) is 4.42. The molecule has 0 unspecified atom stereocenters. The molecule has 0 bridgehead atoms. The predicted octanol–water partition coefficient (Wildman–Crippen LogP) is 2.41. The molecule has 1 atom stereocenters. The van der Waals surface area contributed by atoms with E-state index in [0.717, 1.165) is 12.1 Å². The molecule has 2 aromatic carbocycles. The van der Waals surface area contributed by atoms with Crippen LogP contribution in [0, 0.1) is 5.92 Å². The van der Waals surface area contributed by atoms with Crippen molar-refractivity contribution in [2.75, 3.05) is 25.1 Å². The van der Waals surface area contributed by atoms with Crippen LogP contribution in [-0.4, -0.2) is 32.0 Å². The van der Waals surface area contributed by atoms with Gasteiger partial charge < -0.3 is 15.0 Å². The van der Waals surface area contributed by atoms with Gasteiger partial charge in [0, 0.05) is 31.3 Å². The molecule has 5 heteroatoms. The molecule has 130 valence electrons. The number of nitrogens with one attached hydrogen (secondary N) is 1. The fourth-order valence-corrected chi connectivity index (χ4v) is 3.03. The van der Waals surface area contributed by atoms with E-state index in [1.165, 1.54) is 5.56 Å². The first-order valence-corrected chi connectivity index (χ1v) is 8.43. The summed E-state index contributed by atoms with van der Waals surface area (Å²) in [5, 5.41) is 2.95. The number of ether oxygens (including phenoxy) is 1. The number of amides is 2. The Labute approximate surface area is 147 Å². The van der Waals surface area contributed by atoms with Crippen LogP contribution in [-0.2, 0) is 16.0 Å². The zero-order valence-electron chi connectivity index (χ0n) is 14.3. The molecule has 25 heavy (non-hydrogen) atoms. The second-order valence-electron chi connectivity index (χ2n) is 6.13. The molecule has 1 aliphatic rings. The average Bonchev–Trinajstić information content (AvgIpc) is 3.04. The van der Waals surface area contributed by atoms with E-state index in [0.29, 0.717) is 18.8 Å². The maximum absolute atomic E-state index is 12.4. The Hall–Kier alpha value is -2.82. The van der Waals surface area contributed by atoms with Crippen LogP contribution in [0.25, 0.3) is 0 Å². The first-order chi connectivity index (χ1) is 12.2. The smallest absolute Gasteiger partial charge is 0.227 e. The molecule has 1 heterocycles. The van der Waals surface area contributed by atoms with Gasteiger partial charge in [-0.3, -0.25) is 9.59 Å². The Morgan fingerprint density at radius 2 is 2.00 bits per heavy atom. The molecule has 1 fully saturated rings. The minimum Gasteiger partial charge on any atom is -0.497 e. The van der Waals surface area contributed by atoms with Crippen molar-refractivity contribution in [3.8, 4) is 5.75 Å². The Morgan fingerprint density at radius 3 is 2.76 bits per heavy atom. The summed E-state index contributed by atoms with van der Waals surface area (Å²) in [6.45, 7) is 0.982. The number of benzene rings is 2. The lowest BCUT2D eigenvalue weighted by molar-refractivity contribution is -0.126. The molecule has 1 saturated heterocycles. The summed E-state index contributed by atoms with van der Waals surface area (Å²) in [7, 11) is 1.59. The van der Waals surface area contributed by atoms with Crippen molar-refractivity contribution in [2.24, 2.45) is 5.92 Å². The third kappa shape index (κ3) is 4.18. The Balaban J connectivity index is 1.55. The standard InChI is InChI=1S/C20H22N2O3/c1-25-18-9-5-8-17(13-18)22-14-16(12-19(22)23)20(24)21-11-10-15-6-3-2-4-7-15/h2-9,13,16H,10-12,14H2,1H3,(H,21,24)/t16-/m0/s1. The lowest BCUT2D eigenvalue weighted by Gasteiger charge is -2.17. The Kier molecular flexibility index (Phi) is 5.33. The minimum atomic E-state index is -0.311. The van der Waals surface area contributed by atoms with Gasteiger partial charge in [-0.25, -0.2) is 0 Å². The molecule has 0 spiro atoms. The number of carbonyl (C=O) groups is 2. The molecule has 0 saturated carbocycles. The number of hydrogen-bond donors (Lipinski definition) is 1. The van der Waals surface area contributed by atoms with Crippen LogP contribution in [0.2, 0.25) is 0 Å². The first kappa shape index (κ1) is 17.0. The maximum Gasteiger partial charge on any atom is 0.227 e. The highest BCUT2D eigenvalue weighted by atomic mass is 16.5. The van der Waals surface area contributed by atoms with Crippen LogP contribution in [0.3, 0.4) is 0 Å². The van der Waals surface area contributed by atoms with Gasteiger partial charge in [-0.05, 0) is 24.1 Å². The average molecular weight is 338 g/mol. The second-order valence-corrected chi connectivity index (χ2v) is 6.13. The summed E-state index contributed by atoms with van der Waals surface area (Å²) >= 11 is 0. The molecule has 0 aliphatic carbocycles. The van der Waals surface area contributed by atoms with Crippen molar-refractivity contribution < 1.29 is 14.3 Å². The number of nitrogens with zero attached hydrogens (tertiary/aromatic N) is 1. The fourth-order valence-electron chi connectivity index (χ4n) is 3.03. The van der Waals surface area contributed by atoms with E-state index >= 15 is 0 Å². The topological polar surface area (TPSA) is 58.6 Å². The van der Waals surface area contributed by atoms with Gasteiger partial charge in [0.25, 0.3) is 0 Å². The lowest BCUT2D eigenvalue weighted by atomic mass is 10.1. The van der Waals surface area contributed by atoms with Crippen LogP contribution in [0.4, 0.5) is 5.69 Å². The van der Waals surface area contributed by atoms with Crippen molar-refractivity contribution in [2.45, 2.75) is 12.8 Å². The summed E-state index contributed by atoms with van der Waals surface area (Å²) in [6, 6.07) is 17.4. The summed E-state index contributed by atoms with van der Waals surface area (Å²) in [5.74, 6) is 0.293. The number of anilines is 1. The normalized spacial score (nSPS) is 16.8. The van der Waals surface area contributed by atoms with Crippen molar-refractivity contribution >= 4 is 17.5 Å². The summed E-state index contributed by atoms with van der Waals surface area (Å²) in [6.07, 6.45) is 1.03. The number of carbonyl (C=O) groups excluding carboxylic acids is 2. The van der Waals surface area contributed by atoms with Crippen molar-refractivity contribution in [3.63, 3.8) is 0 Å². The van der Waals surface area contributed by atoms with Gasteiger partial charge in [0.2, 0.25) is 11.8 Å². The van der Waals surface area contributed by atoms with Crippen LogP contribution >= 0.6 is 0 Å². The first-order valence-electron chi connectivity index (χ1n) is 8.43. The molecule has 2 aromatic rings. The molecule has 5 nitrogen and oxygen atoms in total. The van der Waals surface area contributed by atoms with Crippen LogP contribution in [0.15, 0.2) is 54.6 Å². The van der Waals surface area contributed by atoms with Gasteiger partial charge in [-0.1, -0.05) is 36.4 Å². The zero-order chi connectivity index (χ0) is 17.6. The maximum atomic E-state index is 12.4. The lowest BCUT2D eigenvalue weighted by Crippen LogP contribution is -2.34. The molecule has 1 N–H and O–H groups in total. The van der Waals surface area contributed by atoms with Gasteiger partial charge in [-0.2, -0.15) is 0 Å². The molecule has 3 rings (SSSR count). The van der Waals surface area contributed by atoms with Crippen LogP contribution in [0.5, 0.6) is 5.75 Å². The quantitative estimate of drug-likeness (QED) is 0.880. The molecule has 2 amide bonds. The van der Waals surface area contributed by atoms with Gasteiger partial charge >= 0.3 is 0 Å². The molecular formula is C20H22N2O3. The number of hydrogen-bond acceptors (Lipinski definition) is 3. The minimum absolute atomic E-state index is 0.0311. The largest absolute Gasteiger partial charge is 0.497 e. The van der Waals surface area contributed by atoms with Gasteiger partial charge in [0.1, 0.15) is 5.75 Å². The summed E-state index contributed by atoms with van der Waals surface area (Å²) in [4.78, 5) is 26.3. The van der Waals surface area contributed by atoms with E-state index in [1.807, 2.05) is 54.6 Å². The molecule has 0 aromatic heterocycles. The van der Waals surface area contributed by atoms with Crippen molar-refractivity contribution in [3.05, 3.63) is 60.2 Å². The van der Waals surface area contributed by atoms with E-state index < -0.39 is 0 Å². The zero-order valence-corrected chi connectivity index (χ0v) is 14.3. The van der Waals surface area contributed by atoms with E-state index in [1.54, 1.807) is 12.0 Å². The van der Waals surface area contributed by atoms with E-state index in [2.05, 4.69) is 5.32 Å². The highest BCUT2D eigenvalue weighted by Gasteiger charge is 2.35.